The van der Waals surface area contributed by atoms with E-state index >= 15 is 0 Å². The first-order valence-electron chi connectivity index (χ1n) is 10.8. The third-order valence-corrected chi connectivity index (χ3v) is 7.43. The highest BCUT2D eigenvalue weighted by molar-refractivity contribution is 7.90. The van der Waals surface area contributed by atoms with E-state index in [1.165, 1.54) is 12.1 Å². The molecule has 0 atom stereocenters. The van der Waals surface area contributed by atoms with Crippen molar-refractivity contribution in [1.82, 2.24) is 19.3 Å². The van der Waals surface area contributed by atoms with Gasteiger partial charge in [0.25, 0.3) is 15.9 Å². The van der Waals surface area contributed by atoms with Gasteiger partial charge in [-0.05, 0) is 68.1 Å². The first-order valence-corrected chi connectivity index (χ1v) is 12.7. The SMILES string of the molecule is CCc1ccc(Cn2c(C)nc3c(C)cc(C(=O)NS(=O)(=O)c4ccc(C)cc4)nc32)c(Cl)c1. The van der Waals surface area contributed by atoms with Crippen molar-refractivity contribution in [3.63, 3.8) is 0 Å². The summed E-state index contributed by atoms with van der Waals surface area (Å²) in [6.45, 7) is 8.01. The maximum atomic E-state index is 12.9. The van der Waals surface area contributed by atoms with E-state index in [0.29, 0.717) is 28.6 Å². The number of nitrogens with zero attached hydrogens (tertiary/aromatic N) is 3. The van der Waals surface area contributed by atoms with Crippen molar-refractivity contribution in [2.75, 3.05) is 0 Å². The molecule has 4 aromatic rings. The lowest BCUT2D eigenvalue weighted by Crippen LogP contribution is -2.31. The maximum Gasteiger partial charge on any atom is 0.283 e. The molecule has 176 valence electrons. The number of carbonyl (C=O) groups excluding carboxylic acids is 1. The predicted octanol–water partition coefficient (Wildman–Crippen LogP) is 4.74. The second kappa shape index (κ2) is 9.19. The molecule has 4 rings (SSSR count). The van der Waals surface area contributed by atoms with Crippen LogP contribution in [0.1, 0.15) is 45.5 Å². The first-order chi connectivity index (χ1) is 16.1. The normalized spacial score (nSPS) is 11.7. The summed E-state index contributed by atoms with van der Waals surface area (Å²) in [6, 6.07) is 13.8. The minimum absolute atomic E-state index is 0.00531. The van der Waals surface area contributed by atoms with E-state index in [0.717, 1.165) is 28.7 Å². The number of nitrogens with one attached hydrogen (secondary N) is 1. The van der Waals surface area contributed by atoms with Crippen LogP contribution in [-0.2, 0) is 23.0 Å². The lowest BCUT2D eigenvalue weighted by atomic mass is 10.1. The zero-order valence-corrected chi connectivity index (χ0v) is 21.0. The number of halogens is 1. The zero-order chi connectivity index (χ0) is 24.6. The van der Waals surface area contributed by atoms with Crippen LogP contribution in [0, 0.1) is 20.8 Å². The molecule has 0 spiro atoms. The summed E-state index contributed by atoms with van der Waals surface area (Å²) in [4.78, 5) is 22.0. The van der Waals surface area contributed by atoms with Gasteiger partial charge in [0.2, 0.25) is 0 Å². The van der Waals surface area contributed by atoms with Gasteiger partial charge >= 0.3 is 0 Å². The molecule has 0 saturated carbocycles. The van der Waals surface area contributed by atoms with E-state index in [1.54, 1.807) is 18.2 Å². The number of pyridine rings is 1. The van der Waals surface area contributed by atoms with Crippen LogP contribution in [0.2, 0.25) is 5.02 Å². The molecule has 0 aliphatic heterocycles. The summed E-state index contributed by atoms with van der Waals surface area (Å²) in [7, 11) is -4.04. The molecule has 2 aromatic carbocycles. The summed E-state index contributed by atoms with van der Waals surface area (Å²) in [5.74, 6) is -0.0904. The smallest absolute Gasteiger partial charge is 0.283 e. The summed E-state index contributed by atoms with van der Waals surface area (Å²) in [5.41, 5.74) is 4.82. The number of aromatic nitrogens is 3. The summed E-state index contributed by atoms with van der Waals surface area (Å²) >= 11 is 6.50. The number of hydrogen-bond donors (Lipinski definition) is 1. The summed E-state index contributed by atoms with van der Waals surface area (Å²) in [5, 5.41) is 0.649. The molecule has 9 heteroatoms. The largest absolute Gasteiger partial charge is 0.308 e. The van der Waals surface area contributed by atoms with Gasteiger partial charge in [0.05, 0.1) is 11.4 Å². The van der Waals surface area contributed by atoms with Gasteiger partial charge in [-0.2, -0.15) is 0 Å². The molecule has 7 nitrogen and oxygen atoms in total. The first kappa shape index (κ1) is 23.9. The molecule has 34 heavy (non-hydrogen) atoms. The predicted molar refractivity (Wildman–Crippen MR) is 133 cm³/mol. The Kier molecular flexibility index (Phi) is 6.47. The lowest BCUT2D eigenvalue weighted by Gasteiger charge is -2.11. The van der Waals surface area contributed by atoms with E-state index in [9.17, 15) is 13.2 Å². The van der Waals surface area contributed by atoms with Gasteiger partial charge in [0.1, 0.15) is 17.0 Å². The molecule has 0 fully saturated rings. The van der Waals surface area contributed by atoms with E-state index < -0.39 is 15.9 Å². The van der Waals surface area contributed by atoms with Crippen LogP contribution in [0.25, 0.3) is 11.2 Å². The standard InChI is InChI=1S/C25H25ClN4O3S/c1-5-18-8-9-19(21(26)13-18)14-30-17(4)27-23-16(3)12-22(28-24(23)30)25(31)29-34(32,33)20-10-6-15(2)7-11-20/h6-13H,5,14H2,1-4H3,(H,29,31). The maximum absolute atomic E-state index is 12.9. The van der Waals surface area contributed by atoms with Crippen molar-refractivity contribution in [1.29, 1.82) is 0 Å². The van der Waals surface area contributed by atoms with Gasteiger partial charge in [-0.1, -0.05) is 48.4 Å². The van der Waals surface area contributed by atoms with E-state index in [4.69, 9.17) is 11.6 Å². The number of imidazole rings is 1. The van der Waals surface area contributed by atoms with Crippen LogP contribution in [0.15, 0.2) is 53.4 Å². The van der Waals surface area contributed by atoms with Crippen molar-refractivity contribution in [3.8, 4) is 0 Å². The fraction of sp³-hybridized carbons (Fsp3) is 0.240. The highest BCUT2D eigenvalue weighted by Gasteiger charge is 2.22. The Labute approximate surface area is 203 Å². The molecule has 1 amide bonds. The third kappa shape index (κ3) is 4.69. The molecule has 2 heterocycles. The molecule has 2 aromatic heterocycles. The quantitative estimate of drug-likeness (QED) is 0.416. The van der Waals surface area contributed by atoms with Gasteiger partial charge in [-0.15, -0.1) is 0 Å². The zero-order valence-electron chi connectivity index (χ0n) is 19.4. The molecule has 0 radical (unpaired) electrons. The number of sulfonamides is 1. The van der Waals surface area contributed by atoms with Gasteiger partial charge in [-0.25, -0.2) is 23.1 Å². The van der Waals surface area contributed by atoms with Crippen LogP contribution in [0.3, 0.4) is 0 Å². The van der Waals surface area contributed by atoms with Crippen LogP contribution < -0.4 is 4.72 Å². The summed E-state index contributed by atoms with van der Waals surface area (Å²) < 4.78 is 29.4. The average molecular weight is 497 g/mol. The molecular weight excluding hydrogens is 472 g/mol. The number of benzene rings is 2. The van der Waals surface area contributed by atoms with Crippen LogP contribution in [-0.4, -0.2) is 28.9 Å². The van der Waals surface area contributed by atoms with Gasteiger partial charge in [0.15, 0.2) is 5.65 Å². The van der Waals surface area contributed by atoms with Crippen LogP contribution in [0.4, 0.5) is 0 Å². The molecule has 1 N–H and O–H groups in total. The highest BCUT2D eigenvalue weighted by Crippen LogP contribution is 2.24. The fourth-order valence-electron chi connectivity index (χ4n) is 3.72. The van der Waals surface area contributed by atoms with Gasteiger partial charge in [-0.3, -0.25) is 4.79 Å². The van der Waals surface area contributed by atoms with E-state index in [2.05, 4.69) is 21.6 Å². The monoisotopic (exact) mass is 496 g/mol. The molecule has 0 aliphatic rings. The Hall–Kier alpha value is -3.23. The Balaban J connectivity index is 1.70. The number of rotatable bonds is 6. The third-order valence-electron chi connectivity index (χ3n) is 5.73. The Morgan fingerprint density at radius 1 is 1.03 bits per heavy atom. The second-order valence-electron chi connectivity index (χ2n) is 8.27. The lowest BCUT2D eigenvalue weighted by molar-refractivity contribution is 0.0976. The van der Waals surface area contributed by atoms with Crippen molar-refractivity contribution in [3.05, 3.63) is 87.3 Å². The van der Waals surface area contributed by atoms with Crippen molar-refractivity contribution < 1.29 is 13.2 Å². The van der Waals surface area contributed by atoms with Gasteiger partial charge < -0.3 is 4.57 Å². The molecular formula is C25H25ClN4O3S. The fourth-order valence-corrected chi connectivity index (χ4v) is 4.94. The average Bonchev–Trinajstić information content (AvgIpc) is 3.10. The summed E-state index contributed by atoms with van der Waals surface area (Å²) in [6.07, 6.45) is 0.887. The minimum atomic E-state index is -4.04. The number of hydrogen-bond acceptors (Lipinski definition) is 5. The molecule has 0 bridgehead atoms. The van der Waals surface area contributed by atoms with Crippen molar-refractivity contribution in [2.45, 2.75) is 45.6 Å². The van der Waals surface area contributed by atoms with Crippen molar-refractivity contribution >= 4 is 38.7 Å². The van der Waals surface area contributed by atoms with Crippen LogP contribution >= 0.6 is 11.6 Å². The Morgan fingerprint density at radius 3 is 2.38 bits per heavy atom. The number of aryl methyl sites for hydroxylation is 4. The Bertz CT molecular complexity index is 1510. The number of amides is 1. The molecule has 0 saturated heterocycles. The highest BCUT2D eigenvalue weighted by atomic mass is 35.5. The van der Waals surface area contributed by atoms with Crippen molar-refractivity contribution in [2.24, 2.45) is 0 Å². The number of carbonyl (C=O) groups is 1. The van der Waals surface area contributed by atoms with E-state index in [1.807, 2.05) is 43.5 Å². The van der Waals surface area contributed by atoms with Gasteiger partial charge in [0, 0.05) is 5.02 Å². The Morgan fingerprint density at radius 2 is 1.74 bits per heavy atom. The number of fused-ring (bicyclic) bond motifs is 1. The van der Waals surface area contributed by atoms with E-state index in [-0.39, 0.29) is 10.6 Å². The topological polar surface area (TPSA) is 94.0 Å². The second-order valence-corrected chi connectivity index (χ2v) is 10.4. The molecule has 0 aliphatic carbocycles. The molecule has 0 unspecified atom stereocenters. The minimum Gasteiger partial charge on any atom is -0.308 e. The van der Waals surface area contributed by atoms with Crippen LogP contribution in [0.5, 0.6) is 0 Å².